The van der Waals surface area contributed by atoms with Gasteiger partial charge in [-0.3, -0.25) is 9.59 Å². The Kier molecular flexibility index (Phi) is 4.63. The van der Waals surface area contributed by atoms with Gasteiger partial charge in [-0.1, -0.05) is 13.8 Å². The second-order valence-corrected chi connectivity index (χ2v) is 5.68. The number of carbonyl (C=O) groups excluding carboxylic acids is 2. The van der Waals surface area contributed by atoms with Crippen molar-refractivity contribution in [1.29, 1.82) is 0 Å². The molecule has 114 valence electrons. The maximum Gasteiger partial charge on any atom is 0.268 e. The molecule has 1 atom stereocenters. The van der Waals surface area contributed by atoms with Crippen LogP contribution in [-0.4, -0.2) is 31.4 Å². The Bertz CT molecular complexity index is 554. The Hall–Kier alpha value is -1.88. The summed E-state index contributed by atoms with van der Waals surface area (Å²) >= 11 is 0. The molecule has 1 aliphatic heterocycles. The first-order valence-electron chi connectivity index (χ1n) is 7.27. The number of nitrogens with zero attached hydrogens (tertiary/aromatic N) is 1. The van der Waals surface area contributed by atoms with E-state index >= 15 is 0 Å². The predicted molar refractivity (Wildman–Crippen MR) is 81.7 cm³/mol. The van der Waals surface area contributed by atoms with Crippen LogP contribution in [0.4, 0.5) is 5.69 Å². The molecule has 5 nitrogen and oxygen atoms in total. The molecule has 1 heterocycles. The molecule has 1 aromatic rings. The molecule has 0 fully saturated rings. The van der Waals surface area contributed by atoms with Gasteiger partial charge in [0, 0.05) is 19.0 Å². The number of benzene rings is 1. The Morgan fingerprint density at radius 1 is 1.43 bits per heavy atom. The van der Waals surface area contributed by atoms with Gasteiger partial charge in [0.15, 0.2) is 11.9 Å². The van der Waals surface area contributed by atoms with Crippen molar-refractivity contribution in [3.63, 3.8) is 0 Å². The van der Waals surface area contributed by atoms with Crippen molar-refractivity contribution < 1.29 is 14.3 Å². The van der Waals surface area contributed by atoms with Crippen molar-refractivity contribution in [3.05, 3.63) is 23.8 Å². The van der Waals surface area contributed by atoms with Gasteiger partial charge in [-0.25, -0.2) is 0 Å². The number of nitrogens with two attached hydrogens (primary N) is 1. The number of anilines is 1. The number of carbonyl (C=O) groups is 2. The molecule has 0 saturated carbocycles. The molecular formula is C16H22N2O3. The lowest BCUT2D eigenvalue weighted by Crippen LogP contribution is -2.46. The second-order valence-electron chi connectivity index (χ2n) is 5.68. The highest BCUT2D eigenvalue weighted by Gasteiger charge is 2.34. The van der Waals surface area contributed by atoms with Gasteiger partial charge in [0.1, 0.15) is 5.75 Å². The van der Waals surface area contributed by atoms with E-state index in [4.69, 9.17) is 10.5 Å². The van der Waals surface area contributed by atoms with Gasteiger partial charge in [0.05, 0.1) is 5.69 Å². The Morgan fingerprint density at radius 2 is 2.14 bits per heavy atom. The van der Waals surface area contributed by atoms with Crippen LogP contribution >= 0.6 is 0 Å². The third-order valence-electron chi connectivity index (χ3n) is 3.68. The quantitative estimate of drug-likeness (QED) is 0.842. The number of ketones is 1. The van der Waals surface area contributed by atoms with E-state index in [1.807, 2.05) is 13.8 Å². The molecule has 0 bridgehead atoms. The zero-order valence-corrected chi connectivity index (χ0v) is 12.8. The lowest BCUT2D eigenvalue weighted by atomic mass is 10.0. The Labute approximate surface area is 125 Å². The molecule has 0 radical (unpaired) electrons. The summed E-state index contributed by atoms with van der Waals surface area (Å²) in [4.78, 5) is 25.9. The molecular weight excluding hydrogens is 268 g/mol. The SMILES string of the molecule is CC(C)C1Oc2ccc(C(=O)CCCN)cc2N(C)C1=O. The van der Waals surface area contributed by atoms with Crippen molar-refractivity contribution in [2.24, 2.45) is 11.7 Å². The predicted octanol–water partition coefficient (Wildman–Crippen LogP) is 1.99. The summed E-state index contributed by atoms with van der Waals surface area (Å²) in [5.41, 5.74) is 6.66. The van der Waals surface area contributed by atoms with Crippen molar-refractivity contribution in [2.45, 2.75) is 32.8 Å². The molecule has 0 spiro atoms. The van der Waals surface area contributed by atoms with E-state index in [9.17, 15) is 9.59 Å². The van der Waals surface area contributed by atoms with Crippen molar-refractivity contribution in [1.82, 2.24) is 0 Å². The van der Waals surface area contributed by atoms with E-state index < -0.39 is 6.10 Å². The number of amides is 1. The topological polar surface area (TPSA) is 72.6 Å². The van der Waals surface area contributed by atoms with Crippen LogP contribution in [0.5, 0.6) is 5.75 Å². The van der Waals surface area contributed by atoms with E-state index in [1.165, 1.54) is 0 Å². The number of hydrogen-bond acceptors (Lipinski definition) is 4. The fraction of sp³-hybridized carbons (Fsp3) is 0.500. The molecule has 1 amide bonds. The van der Waals surface area contributed by atoms with Gasteiger partial charge in [-0.2, -0.15) is 0 Å². The van der Waals surface area contributed by atoms with Gasteiger partial charge in [-0.05, 0) is 37.1 Å². The first kappa shape index (κ1) is 15.5. The van der Waals surface area contributed by atoms with Gasteiger partial charge < -0.3 is 15.4 Å². The van der Waals surface area contributed by atoms with Gasteiger partial charge in [0.25, 0.3) is 5.91 Å². The highest BCUT2D eigenvalue weighted by Crippen LogP contribution is 2.35. The van der Waals surface area contributed by atoms with Crippen LogP contribution in [0.1, 0.15) is 37.0 Å². The highest BCUT2D eigenvalue weighted by atomic mass is 16.5. The zero-order valence-electron chi connectivity index (χ0n) is 12.8. The van der Waals surface area contributed by atoms with Crippen LogP contribution in [0, 0.1) is 5.92 Å². The van der Waals surface area contributed by atoms with Crippen LogP contribution in [-0.2, 0) is 4.79 Å². The molecule has 21 heavy (non-hydrogen) atoms. The second kappa shape index (κ2) is 6.26. The van der Waals surface area contributed by atoms with E-state index in [-0.39, 0.29) is 17.6 Å². The molecule has 5 heteroatoms. The molecule has 0 saturated heterocycles. The van der Waals surface area contributed by atoms with Crippen molar-refractivity contribution >= 4 is 17.4 Å². The summed E-state index contributed by atoms with van der Waals surface area (Å²) in [6, 6.07) is 5.24. The highest BCUT2D eigenvalue weighted by molar-refractivity contribution is 6.02. The largest absolute Gasteiger partial charge is 0.478 e. The number of ether oxygens (including phenoxy) is 1. The fourth-order valence-corrected chi connectivity index (χ4v) is 2.38. The summed E-state index contributed by atoms with van der Waals surface area (Å²) in [5.74, 6) is 0.698. The van der Waals surface area contributed by atoms with Crippen molar-refractivity contribution in [3.8, 4) is 5.75 Å². The minimum atomic E-state index is -0.471. The summed E-state index contributed by atoms with van der Waals surface area (Å²) < 4.78 is 5.77. The molecule has 2 N–H and O–H groups in total. The molecule has 1 aromatic carbocycles. The third-order valence-corrected chi connectivity index (χ3v) is 3.68. The van der Waals surface area contributed by atoms with E-state index in [0.717, 1.165) is 0 Å². The molecule has 1 unspecified atom stereocenters. The first-order chi connectivity index (χ1) is 9.95. The Morgan fingerprint density at radius 3 is 2.76 bits per heavy atom. The molecule has 1 aliphatic rings. The minimum absolute atomic E-state index is 0.0371. The molecule has 0 aromatic heterocycles. The fourth-order valence-electron chi connectivity index (χ4n) is 2.38. The molecule has 0 aliphatic carbocycles. The van der Waals surface area contributed by atoms with Crippen LogP contribution in [0.2, 0.25) is 0 Å². The maximum atomic E-state index is 12.3. The number of likely N-dealkylation sites (N-methyl/N-ethyl adjacent to an activating group) is 1. The summed E-state index contributed by atoms with van der Waals surface area (Å²) in [5, 5.41) is 0. The lowest BCUT2D eigenvalue weighted by molar-refractivity contribution is -0.127. The minimum Gasteiger partial charge on any atom is -0.478 e. The van der Waals surface area contributed by atoms with Crippen LogP contribution in [0.15, 0.2) is 18.2 Å². The first-order valence-corrected chi connectivity index (χ1v) is 7.27. The molecule has 2 rings (SSSR count). The van der Waals surface area contributed by atoms with Crippen molar-refractivity contribution in [2.75, 3.05) is 18.5 Å². The van der Waals surface area contributed by atoms with Gasteiger partial charge >= 0.3 is 0 Å². The summed E-state index contributed by atoms with van der Waals surface area (Å²) in [6.07, 6.45) is 0.611. The smallest absolute Gasteiger partial charge is 0.268 e. The Balaban J connectivity index is 2.29. The average molecular weight is 290 g/mol. The third kappa shape index (κ3) is 3.08. The lowest BCUT2D eigenvalue weighted by Gasteiger charge is -2.34. The van der Waals surface area contributed by atoms with Crippen LogP contribution in [0.25, 0.3) is 0 Å². The van der Waals surface area contributed by atoms with Gasteiger partial charge in [-0.15, -0.1) is 0 Å². The number of Topliss-reactive ketones (excluding diaryl/α,β-unsaturated/α-hetero) is 1. The zero-order chi connectivity index (χ0) is 15.6. The standard InChI is InChI=1S/C16H22N2O3/c1-10(2)15-16(20)18(3)12-9-11(6-7-14(12)21-15)13(19)5-4-8-17/h6-7,9-10,15H,4-5,8,17H2,1-3H3. The van der Waals surface area contributed by atoms with E-state index in [0.29, 0.717) is 36.4 Å². The maximum absolute atomic E-state index is 12.3. The summed E-state index contributed by atoms with van der Waals surface area (Å²) in [7, 11) is 1.72. The van der Waals surface area contributed by atoms with Crippen LogP contribution < -0.4 is 15.4 Å². The van der Waals surface area contributed by atoms with Crippen LogP contribution in [0.3, 0.4) is 0 Å². The van der Waals surface area contributed by atoms with E-state index in [1.54, 1.807) is 30.1 Å². The average Bonchev–Trinajstić information content (AvgIpc) is 2.47. The summed E-state index contributed by atoms with van der Waals surface area (Å²) in [6.45, 7) is 4.40. The number of rotatable bonds is 5. The number of hydrogen-bond donors (Lipinski definition) is 1. The van der Waals surface area contributed by atoms with Gasteiger partial charge in [0.2, 0.25) is 0 Å². The monoisotopic (exact) mass is 290 g/mol. The van der Waals surface area contributed by atoms with E-state index in [2.05, 4.69) is 0 Å². The number of fused-ring (bicyclic) bond motifs is 1. The normalized spacial score (nSPS) is 17.7.